The fourth-order valence-corrected chi connectivity index (χ4v) is 4.61. The summed E-state index contributed by atoms with van der Waals surface area (Å²) in [5.41, 5.74) is 5.02. The monoisotopic (exact) mass is 381 g/mol. The quantitative estimate of drug-likeness (QED) is 0.662. The van der Waals surface area contributed by atoms with Crippen molar-refractivity contribution in [1.82, 2.24) is 4.98 Å². The minimum atomic E-state index is -3.68. The van der Waals surface area contributed by atoms with Gasteiger partial charge in [0, 0.05) is 5.69 Å². The molecule has 5 nitrogen and oxygen atoms in total. The molecule has 0 aliphatic rings. The topological polar surface area (TPSA) is 71.1 Å². The van der Waals surface area contributed by atoms with Crippen molar-refractivity contribution in [2.24, 2.45) is 0 Å². The predicted molar refractivity (Wildman–Crippen MR) is 110 cm³/mol. The first-order chi connectivity index (χ1) is 12.7. The van der Waals surface area contributed by atoms with Gasteiger partial charge in [0.1, 0.15) is 5.82 Å². The zero-order chi connectivity index (χ0) is 19.6. The molecular weight excluding hydrogens is 358 g/mol. The van der Waals surface area contributed by atoms with Crippen LogP contribution >= 0.6 is 0 Å². The third-order valence-corrected chi connectivity index (χ3v) is 5.90. The van der Waals surface area contributed by atoms with Crippen molar-refractivity contribution in [2.45, 2.75) is 32.6 Å². The molecule has 0 aliphatic carbocycles. The normalized spacial score (nSPS) is 11.3. The van der Waals surface area contributed by atoms with Crippen LogP contribution in [-0.4, -0.2) is 13.4 Å². The molecule has 0 atom stereocenters. The highest BCUT2D eigenvalue weighted by Gasteiger charge is 2.20. The third-order valence-electron chi connectivity index (χ3n) is 4.21. The van der Waals surface area contributed by atoms with Crippen LogP contribution in [0, 0.1) is 27.7 Å². The number of hydrogen-bond acceptors (Lipinski definition) is 4. The van der Waals surface area contributed by atoms with E-state index in [1.165, 1.54) is 11.8 Å². The fraction of sp³-hybridized carbons (Fsp3) is 0.190. The number of rotatable bonds is 5. The zero-order valence-electron chi connectivity index (χ0n) is 15.9. The number of hydrogen-bond donors (Lipinski definition) is 2. The van der Waals surface area contributed by atoms with Crippen molar-refractivity contribution in [1.29, 1.82) is 0 Å². The van der Waals surface area contributed by atoms with Gasteiger partial charge in [-0.2, -0.15) is 0 Å². The predicted octanol–water partition coefficient (Wildman–Crippen LogP) is 4.86. The van der Waals surface area contributed by atoms with Gasteiger partial charge in [-0.1, -0.05) is 35.4 Å². The van der Waals surface area contributed by atoms with E-state index in [-0.39, 0.29) is 0 Å². The molecule has 6 heteroatoms. The van der Waals surface area contributed by atoms with E-state index >= 15 is 0 Å². The molecule has 0 aliphatic heterocycles. The first-order valence-corrected chi connectivity index (χ1v) is 10.1. The number of sulfonamides is 1. The number of nitrogens with one attached hydrogen (secondary N) is 2. The Labute approximate surface area is 160 Å². The Balaban J connectivity index is 1.79. The summed E-state index contributed by atoms with van der Waals surface area (Å²) >= 11 is 0. The molecule has 0 saturated heterocycles. The van der Waals surface area contributed by atoms with Crippen molar-refractivity contribution in [3.8, 4) is 0 Å². The van der Waals surface area contributed by atoms with Gasteiger partial charge in [0.2, 0.25) is 0 Å². The maximum absolute atomic E-state index is 12.8. The summed E-state index contributed by atoms with van der Waals surface area (Å²) in [6.45, 7) is 7.59. The molecule has 0 radical (unpaired) electrons. The average Bonchev–Trinajstić information content (AvgIpc) is 2.57. The second kappa shape index (κ2) is 7.40. The highest BCUT2D eigenvalue weighted by Crippen LogP contribution is 2.25. The van der Waals surface area contributed by atoms with Crippen LogP contribution in [0.3, 0.4) is 0 Å². The van der Waals surface area contributed by atoms with Crippen molar-refractivity contribution >= 4 is 27.2 Å². The summed E-state index contributed by atoms with van der Waals surface area (Å²) in [6, 6.07) is 15.1. The SMILES string of the molecule is Cc1ccc(Nc2ccc(NS(=O)(=O)c3c(C)cc(C)cc3C)cn2)cc1. The molecule has 0 fully saturated rings. The smallest absolute Gasteiger partial charge is 0.262 e. The summed E-state index contributed by atoms with van der Waals surface area (Å²) < 4.78 is 28.2. The molecule has 3 rings (SSSR count). The molecule has 0 amide bonds. The van der Waals surface area contributed by atoms with Crippen LogP contribution in [0.2, 0.25) is 0 Å². The Morgan fingerprint density at radius 2 is 1.37 bits per heavy atom. The van der Waals surface area contributed by atoms with Gasteiger partial charge in [-0.15, -0.1) is 0 Å². The Bertz CT molecular complexity index is 1030. The summed E-state index contributed by atoms with van der Waals surface area (Å²) in [5, 5.41) is 3.19. The van der Waals surface area contributed by atoms with Crippen molar-refractivity contribution < 1.29 is 8.42 Å². The van der Waals surface area contributed by atoms with Crippen LogP contribution in [0.5, 0.6) is 0 Å². The van der Waals surface area contributed by atoms with Gasteiger partial charge in [0.25, 0.3) is 10.0 Å². The average molecular weight is 382 g/mol. The Kier molecular flexibility index (Phi) is 5.19. The molecule has 0 unspecified atom stereocenters. The minimum absolute atomic E-state index is 0.315. The first kappa shape index (κ1) is 18.9. The molecule has 140 valence electrons. The molecule has 1 aromatic heterocycles. The molecule has 27 heavy (non-hydrogen) atoms. The van der Waals surface area contributed by atoms with Gasteiger partial charge in [-0.05, 0) is 63.1 Å². The van der Waals surface area contributed by atoms with Crippen molar-refractivity contribution in [2.75, 3.05) is 10.0 Å². The molecule has 2 aromatic carbocycles. The third kappa shape index (κ3) is 4.46. The summed E-state index contributed by atoms with van der Waals surface area (Å²) in [5.74, 6) is 0.643. The van der Waals surface area contributed by atoms with Gasteiger partial charge in [0.05, 0.1) is 16.8 Å². The Morgan fingerprint density at radius 3 is 1.93 bits per heavy atom. The van der Waals surface area contributed by atoms with Crippen LogP contribution in [0.15, 0.2) is 59.6 Å². The van der Waals surface area contributed by atoms with Gasteiger partial charge in [0.15, 0.2) is 0 Å². The van der Waals surface area contributed by atoms with E-state index in [2.05, 4.69) is 15.0 Å². The maximum Gasteiger partial charge on any atom is 0.262 e. The second-order valence-corrected chi connectivity index (χ2v) is 8.38. The van der Waals surface area contributed by atoms with Gasteiger partial charge < -0.3 is 5.32 Å². The first-order valence-electron chi connectivity index (χ1n) is 8.65. The van der Waals surface area contributed by atoms with E-state index in [4.69, 9.17) is 0 Å². The molecule has 0 saturated carbocycles. The number of aromatic nitrogens is 1. The van der Waals surface area contributed by atoms with Crippen LogP contribution < -0.4 is 10.0 Å². The van der Waals surface area contributed by atoms with E-state index in [1.54, 1.807) is 26.0 Å². The van der Waals surface area contributed by atoms with Crippen molar-refractivity contribution in [3.05, 3.63) is 77.0 Å². The summed E-state index contributed by atoms with van der Waals surface area (Å²) in [4.78, 5) is 4.61. The van der Waals surface area contributed by atoms with E-state index in [1.807, 2.05) is 50.2 Å². The Morgan fingerprint density at radius 1 is 0.778 bits per heavy atom. The number of aryl methyl sites for hydroxylation is 4. The summed E-state index contributed by atoms with van der Waals surface area (Å²) in [6.07, 6.45) is 1.51. The Hall–Kier alpha value is -2.86. The zero-order valence-corrected chi connectivity index (χ0v) is 16.7. The lowest BCUT2D eigenvalue weighted by molar-refractivity contribution is 0.600. The fourth-order valence-electron chi connectivity index (χ4n) is 3.11. The van der Waals surface area contributed by atoms with Gasteiger partial charge >= 0.3 is 0 Å². The van der Waals surface area contributed by atoms with E-state index in [9.17, 15) is 8.42 Å². The standard InChI is InChI=1S/C21H23N3O2S/c1-14-5-7-18(8-6-14)23-20-10-9-19(13-22-20)24-27(25,26)21-16(3)11-15(2)12-17(21)4/h5-13,24H,1-4H3,(H,22,23). The van der Waals surface area contributed by atoms with Crippen molar-refractivity contribution in [3.63, 3.8) is 0 Å². The lowest BCUT2D eigenvalue weighted by atomic mass is 10.1. The van der Waals surface area contributed by atoms with Gasteiger partial charge in [-0.25, -0.2) is 13.4 Å². The van der Waals surface area contributed by atoms with Gasteiger partial charge in [-0.3, -0.25) is 4.72 Å². The van der Waals surface area contributed by atoms with Crippen LogP contribution in [-0.2, 0) is 10.0 Å². The van der Waals surface area contributed by atoms with E-state index in [0.717, 1.165) is 22.4 Å². The molecule has 2 N–H and O–H groups in total. The molecule has 1 heterocycles. The second-order valence-electron chi connectivity index (χ2n) is 6.76. The number of benzene rings is 2. The number of pyridine rings is 1. The van der Waals surface area contributed by atoms with Crippen LogP contribution in [0.4, 0.5) is 17.2 Å². The molecule has 0 spiro atoms. The van der Waals surface area contributed by atoms with E-state index in [0.29, 0.717) is 16.4 Å². The number of anilines is 3. The molecule has 0 bridgehead atoms. The lowest BCUT2D eigenvalue weighted by Crippen LogP contribution is -2.16. The summed E-state index contributed by atoms with van der Waals surface area (Å²) in [7, 11) is -3.68. The highest BCUT2D eigenvalue weighted by atomic mass is 32.2. The maximum atomic E-state index is 12.8. The molecule has 3 aromatic rings. The van der Waals surface area contributed by atoms with Crippen LogP contribution in [0.1, 0.15) is 22.3 Å². The largest absolute Gasteiger partial charge is 0.340 e. The highest BCUT2D eigenvalue weighted by molar-refractivity contribution is 7.92. The van der Waals surface area contributed by atoms with E-state index < -0.39 is 10.0 Å². The lowest BCUT2D eigenvalue weighted by Gasteiger charge is -2.14. The number of nitrogens with zero attached hydrogens (tertiary/aromatic N) is 1. The van der Waals surface area contributed by atoms with Crippen LogP contribution in [0.25, 0.3) is 0 Å². The minimum Gasteiger partial charge on any atom is -0.340 e. The molecular formula is C21H23N3O2S.